The van der Waals surface area contributed by atoms with Gasteiger partial charge >= 0.3 is 0 Å². The number of anilines is 1. The van der Waals surface area contributed by atoms with Gasteiger partial charge in [0.2, 0.25) is 5.91 Å². The van der Waals surface area contributed by atoms with Gasteiger partial charge in [-0.2, -0.15) is 10.2 Å². The number of para-hydroxylation sites is 1. The van der Waals surface area contributed by atoms with Gasteiger partial charge in [0.15, 0.2) is 0 Å². The van der Waals surface area contributed by atoms with Crippen LogP contribution in [0.2, 0.25) is 0 Å². The van der Waals surface area contributed by atoms with Gasteiger partial charge in [-0.1, -0.05) is 44.2 Å². The molecular weight excluding hydrogens is 402 g/mol. The molecule has 164 valence electrons. The van der Waals surface area contributed by atoms with E-state index in [-0.39, 0.29) is 11.5 Å². The van der Waals surface area contributed by atoms with Gasteiger partial charge in [0.25, 0.3) is 5.56 Å². The third-order valence-corrected chi connectivity index (χ3v) is 5.73. The number of fused-ring (bicyclic) bond motifs is 1. The third kappa shape index (κ3) is 3.82. The molecule has 0 fully saturated rings. The minimum atomic E-state index is -0.727. The monoisotopic (exact) mass is 429 g/mol. The highest BCUT2D eigenvalue weighted by Gasteiger charge is 2.25. The Hall–Kier alpha value is -3.74. The van der Waals surface area contributed by atoms with Gasteiger partial charge in [-0.15, -0.1) is 0 Å². The highest BCUT2D eigenvalue weighted by molar-refractivity contribution is 5.94. The van der Waals surface area contributed by atoms with Crippen LogP contribution < -0.4 is 10.9 Å². The number of aryl methyl sites for hydroxylation is 3. The van der Waals surface area contributed by atoms with Crippen molar-refractivity contribution in [2.24, 2.45) is 0 Å². The Labute approximate surface area is 186 Å². The molecule has 0 aliphatic heterocycles. The molecule has 2 heterocycles. The van der Waals surface area contributed by atoms with Crippen molar-refractivity contribution in [3.8, 4) is 5.69 Å². The Morgan fingerprint density at radius 1 is 1.03 bits per heavy atom. The van der Waals surface area contributed by atoms with E-state index in [9.17, 15) is 9.59 Å². The van der Waals surface area contributed by atoms with Gasteiger partial charge < -0.3 is 5.32 Å². The molecule has 0 aliphatic carbocycles. The number of carbonyl (C=O) groups excluding carboxylic acids is 1. The van der Waals surface area contributed by atoms with Crippen LogP contribution in [0.1, 0.15) is 43.3 Å². The first kappa shape index (κ1) is 21.5. The van der Waals surface area contributed by atoms with E-state index in [4.69, 9.17) is 0 Å². The van der Waals surface area contributed by atoms with Gasteiger partial charge in [0, 0.05) is 5.69 Å². The summed E-state index contributed by atoms with van der Waals surface area (Å²) in [7, 11) is 0. The van der Waals surface area contributed by atoms with Crippen molar-refractivity contribution >= 4 is 22.5 Å². The average molecular weight is 430 g/mol. The molecule has 1 N–H and O–H groups in total. The van der Waals surface area contributed by atoms with Gasteiger partial charge in [-0.05, 0) is 56.5 Å². The van der Waals surface area contributed by atoms with Gasteiger partial charge in [0.1, 0.15) is 11.6 Å². The number of aromatic nitrogens is 4. The summed E-state index contributed by atoms with van der Waals surface area (Å²) < 4.78 is 3.06. The van der Waals surface area contributed by atoms with E-state index in [1.54, 1.807) is 4.68 Å². The molecule has 0 radical (unpaired) electrons. The third-order valence-electron chi connectivity index (χ3n) is 5.73. The predicted molar refractivity (Wildman–Crippen MR) is 126 cm³/mol. The van der Waals surface area contributed by atoms with Crippen LogP contribution in [0.5, 0.6) is 0 Å². The molecule has 32 heavy (non-hydrogen) atoms. The van der Waals surface area contributed by atoms with Crippen LogP contribution in [0, 0.1) is 13.8 Å². The van der Waals surface area contributed by atoms with Crippen LogP contribution in [0.25, 0.3) is 16.6 Å². The van der Waals surface area contributed by atoms with E-state index in [2.05, 4.69) is 22.4 Å². The molecule has 1 amide bonds. The molecule has 2 aromatic heterocycles. The zero-order valence-corrected chi connectivity index (χ0v) is 18.8. The largest absolute Gasteiger partial charge is 0.324 e. The Bertz CT molecular complexity index is 1340. The molecule has 1 atom stereocenters. The van der Waals surface area contributed by atoms with Crippen LogP contribution in [-0.4, -0.2) is 25.5 Å². The number of nitrogens with zero attached hydrogens (tertiary/aromatic N) is 4. The first-order chi connectivity index (χ1) is 15.4. The Kier molecular flexibility index (Phi) is 5.90. The standard InChI is InChI=1S/C25H27N5O2/c1-5-18-11-10-12-19(15-18)26-24(31)21(6-2)30-25(32)22-17(4)29(20-13-8-7-9-14-20)28-23(22)16(3)27-30/h7-15,21H,5-6H2,1-4H3,(H,26,31)/t21-/m0/s1. The van der Waals surface area contributed by atoms with Gasteiger partial charge in [-0.3, -0.25) is 9.59 Å². The summed E-state index contributed by atoms with van der Waals surface area (Å²) in [6, 6.07) is 16.7. The van der Waals surface area contributed by atoms with Crippen molar-refractivity contribution in [1.29, 1.82) is 0 Å². The Balaban J connectivity index is 1.77. The molecule has 0 aliphatic rings. The Morgan fingerprint density at radius 2 is 1.78 bits per heavy atom. The molecule has 0 saturated carbocycles. The van der Waals surface area contributed by atoms with E-state index in [1.807, 2.05) is 75.4 Å². The molecule has 0 unspecified atom stereocenters. The van der Waals surface area contributed by atoms with E-state index >= 15 is 0 Å². The minimum absolute atomic E-state index is 0.262. The van der Waals surface area contributed by atoms with Crippen LogP contribution >= 0.6 is 0 Å². The van der Waals surface area contributed by atoms with Crippen molar-refractivity contribution in [3.63, 3.8) is 0 Å². The maximum Gasteiger partial charge on any atom is 0.278 e. The number of hydrogen-bond acceptors (Lipinski definition) is 4. The van der Waals surface area contributed by atoms with Gasteiger partial charge in [0.05, 0.1) is 22.5 Å². The van der Waals surface area contributed by atoms with Crippen molar-refractivity contribution in [2.45, 2.75) is 46.6 Å². The molecule has 4 rings (SSSR count). The summed E-state index contributed by atoms with van der Waals surface area (Å²) >= 11 is 0. The smallest absolute Gasteiger partial charge is 0.278 e. The lowest BCUT2D eigenvalue weighted by molar-refractivity contribution is -0.119. The predicted octanol–water partition coefficient (Wildman–Crippen LogP) is 4.35. The van der Waals surface area contributed by atoms with Crippen LogP contribution in [0.15, 0.2) is 59.4 Å². The molecule has 0 spiro atoms. The summed E-state index contributed by atoms with van der Waals surface area (Å²) in [5.41, 5.74) is 4.29. The second kappa shape index (κ2) is 8.78. The summed E-state index contributed by atoms with van der Waals surface area (Å²) in [5.74, 6) is -0.262. The lowest BCUT2D eigenvalue weighted by atomic mass is 10.1. The van der Waals surface area contributed by atoms with Crippen molar-refractivity contribution in [2.75, 3.05) is 5.32 Å². The number of nitrogens with one attached hydrogen (secondary N) is 1. The summed E-state index contributed by atoms with van der Waals surface area (Å²) in [6.07, 6.45) is 1.31. The SMILES string of the molecule is CCc1cccc(NC(=O)[C@H](CC)n2nc(C)c3nn(-c4ccccc4)c(C)c3c2=O)c1. The first-order valence-corrected chi connectivity index (χ1v) is 10.9. The number of hydrogen-bond donors (Lipinski definition) is 1. The first-order valence-electron chi connectivity index (χ1n) is 10.9. The lowest BCUT2D eigenvalue weighted by Crippen LogP contribution is -2.35. The molecule has 7 nitrogen and oxygen atoms in total. The number of rotatable bonds is 6. The fraction of sp³-hybridized carbons (Fsp3) is 0.280. The molecule has 7 heteroatoms. The van der Waals surface area contributed by atoms with Crippen molar-refractivity contribution < 1.29 is 4.79 Å². The Morgan fingerprint density at radius 3 is 2.47 bits per heavy atom. The second-order valence-corrected chi connectivity index (χ2v) is 7.86. The normalized spacial score (nSPS) is 12.1. The maximum atomic E-state index is 13.5. The minimum Gasteiger partial charge on any atom is -0.324 e. The fourth-order valence-corrected chi connectivity index (χ4v) is 3.98. The van der Waals surface area contributed by atoms with Gasteiger partial charge in [-0.25, -0.2) is 9.36 Å². The fourth-order valence-electron chi connectivity index (χ4n) is 3.98. The van der Waals surface area contributed by atoms with Crippen molar-refractivity contribution in [3.05, 3.63) is 81.9 Å². The molecular formula is C25H27N5O2. The number of carbonyl (C=O) groups is 1. The number of amides is 1. The highest BCUT2D eigenvalue weighted by atomic mass is 16.2. The molecule has 4 aromatic rings. The van der Waals surface area contributed by atoms with E-state index in [0.29, 0.717) is 28.7 Å². The topological polar surface area (TPSA) is 81.8 Å². The maximum absolute atomic E-state index is 13.5. The zero-order chi connectivity index (χ0) is 22.8. The average Bonchev–Trinajstić information content (AvgIpc) is 3.16. The molecule has 0 saturated heterocycles. The van der Waals surface area contributed by atoms with Crippen molar-refractivity contribution in [1.82, 2.24) is 19.6 Å². The summed E-state index contributed by atoms with van der Waals surface area (Å²) in [5, 5.41) is 12.6. The van der Waals surface area contributed by atoms with E-state index in [0.717, 1.165) is 23.4 Å². The molecule has 2 aromatic carbocycles. The number of benzene rings is 2. The summed E-state index contributed by atoms with van der Waals surface area (Å²) in [6.45, 7) is 7.62. The lowest BCUT2D eigenvalue weighted by Gasteiger charge is -2.17. The van der Waals surface area contributed by atoms with Crippen LogP contribution in [0.3, 0.4) is 0 Å². The summed E-state index contributed by atoms with van der Waals surface area (Å²) in [4.78, 5) is 26.6. The second-order valence-electron chi connectivity index (χ2n) is 7.86. The van der Waals surface area contributed by atoms with E-state index in [1.165, 1.54) is 4.68 Å². The van der Waals surface area contributed by atoms with E-state index < -0.39 is 6.04 Å². The quantitative estimate of drug-likeness (QED) is 0.494. The zero-order valence-electron chi connectivity index (χ0n) is 18.8. The van der Waals surface area contributed by atoms with Crippen LogP contribution in [0.4, 0.5) is 5.69 Å². The highest BCUT2D eigenvalue weighted by Crippen LogP contribution is 2.22. The van der Waals surface area contributed by atoms with Crippen LogP contribution in [-0.2, 0) is 11.2 Å². The molecule has 0 bridgehead atoms.